The Morgan fingerprint density at radius 2 is 1.82 bits per heavy atom. The maximum absolute atomic E-state index is 13.4. The Morgan fingerprint density at radius 1 is 1.13 bits per heavy atom. The van der Waals surface area contributed by atoms with Gasteiger partial charge in [-0.15, -0.1) is 0 Å². The highest BCUT2D eigenvalue weighted by molar-refractivity contribution is 7.89. The van der Waals surface area contributed by atoms with Crippen LogP contribution in [0, 0.1) is 0 Å². The van der Waals surface area contributed by atoms with Gasteiger partial charge < -0.3 is 19.9 Å². The Hall–Kier alpha value is -3.44. The monoisotopic (exact) mass is 546 g/mol. The molecule has 0 aromatic heterocycles. The van der Waals surface area contributed by atoms with Crippen LogP contribution in [0.5, 0.6) is 5.75 Å². The van der Waals surface area contributed by atoms with Crippen molar-refractivity contribution in [2.45, 2.75) is 69.5 Å². The van der Waals surface area contributed by atoms with Crippen molar-refractivity contribution in [2.24, 2.45) is 0 Å². The second-order valence-electron chi connectivity index (χ2n) is 9.98. The van der Waals surface area contributed by atoms with E-state index in [0.29, 0.717) is 17.7 Å². The maximum Gasteiger partial charge on any atom is 0.338 e. The lowest BCUT2D eigenvalue weighted by Gasteiger charge is -2.25. The zero-order chi connectivity index (χ0) is 28.1. The first-order chi connectivity index (χ1) is 17.8. The van der Waals surface area contributed by atoms with E-state index in [1.165, 1.54) is 24.3 Å². The number of nitrogens with one attached hydrogen (secondary N) is 1. The first-order valence-electron chi connectivity index (χ1n) is 12.4. The number of carbonyl (C=O) groups excluding carboxylic acids is 2. The highest BCUT2D eigenvalue weighted by Gasteiger charge is 2.40. The summed E-state index contributed by atoms with van der Waals surface area (Å²) in [4.78, 5) is 37.0. The van der Waals surface area contributed by atoms with Gasteiger partial charge in [0.15, 0.2) is 0 Å². The molecule has 2 aromatic carbocycles. The van der Waals surface area contributed by atoms with Gasteiger partial charge in [-0.25, -0.2) is 18.0 Å². The zero-order valence-corrected chi connectivity index (χ0v) is 22.8. The van der Waals surface area contributed by atoms with Gasteiger partial charge in [-0.05, 0) is 76.4 Å². The summed E-state index contributed by atoms with van der Waals surface area (Å²) in [7, 11) is -4.14. The van der Waals surface area contributed by atoms with Gasteiger partial charge in [-0.1, -0.05) is 18.2 Å². The summed E-state index contributed by atoms with van der Waals surface area (Å²) < 4.78 is 38.6. The lowest BCUT2D eigenvalue weighted by atomic mass is 10.0. The number of benzene rings is 2. The Kier molecular flexibility index (Phi) is 9.16. The molecule has 0 unspecified atom stereocenters. The number of carboxylic acids is 1. The van der Waals surface area contributed by atoms with E-state index >= 15 is 0 Å². The summed E-state index contributed by atoms with van der Waals surface area (Å²) in [5.41, 5.74) is 0.371. The molecule has 38 heavy (non-hydrogen) atoms. The predicted molar refractivity (Wildman–Crippen MR) is 139 cm³/mol. The molecule has 0 spiro atoms. The molecule has 1 saturated heterocycles. The van der Waals surface area contributed by atoms with E-state index in [2.05, 4.69) is 5.32 Å². The number of carbonyl (C=O) groups is 3. The van der Waals surface area contributed by atoms with Gasteiger partial charge in [0.1, 0.15) is 23.4 Å². The minimum absolute atomic E-state index is 0.0118. The largest absolute Gasteiger partial charge is 0.488 e. The predicted octanol–water partition coefficient (Wildman–Crippen LogP) is 3.01. The Balaban J connectivity index is 1.74. The first kappa shape index (κ1) is 29.1. The average Bonchev–Trinajstić information content (AvgIpc) is 3.35. The molecule has 10 nitrogen and oxygen atoms in total. The molecule has 1 aliphatic heterocycles. The molecule has 2 aromatic rings. The van der Waals surface area contributed by atoms with E-state index in [-0.39, 0.29) is 42.1 Å². The third-order valence-electron chi connectivity index (χ3n) is 5.86. The van der Waals surface area contributed by atoms with Gasteiger partial charge in [0, 0.05) is 13.0 Å². The van der Waals surface area contributed by atoms with Gasteiger partial charge in [0.25, 0.3) is 0 Å². The fourth-order valence-corrected chi connectivity index (χ4v) is 5.88. The highest BCUT2D eigenvalue weighted by Crippen LogP contribution is 2.27. The van der Waals surface area contributed by atoms with Gasteiger partial charge in [0.2, 0.25) is 15.9 Å². The molecule has 0 aliphatic carbocycles. The third kappa shape index (κ3) is 7.32. The van der Waals surface area contributed by atoms with Crippen LogP contribution in [0.1, 0.15) is 56.5 Å². The van der Waals surface area contributed by atoms with Crippen molar-refractivity contribution >= 4 is 27.9 Å². The molecule has 0 saturated carbocycles. The molecule has 2 atom stereocenters. The number of hydrogen-bond acceptors (Lipinski definition) is 7. The van der Waals surface area contributed by atoms with Crippen LogP contribution in [-0.4, -0.2) is 66.5 Å². The van der Waals surface area contributed by atoms with Crippen molar-refractivity contribution in [1.82, 2.24) is 9.62 Å². The van der Waals surface area contributed by atoms with Gasteiger partial charge in [-0.3, -0.25) is 4.79 Å². The van der Waals surface area contributed by atoms with Crippen LogP contribution >= 0.6 is 0 Å². The van der Waals surface area contributed by atoms with Crippen LogP contribution in [0.3, 0.4) is 0 Å². The fraction of sp³-hybridized carbons (Fsp3) is 0.444. The number of rotatable bonds is 10. The summed E-state index contributed by atoms with van der Waals surface area (Å²) in [5, 5.41) is 12.3. The van der Waals surface area contributed by atoms with E-state index in [9.17, 15) is 27.9 Å². The summed E-state index contributed by atoms with van der Waals surface area (Å²) in [6, 6.07) is 10.0. The number of sulfonamides is 1. The molecular formula is C27H34N2O8S. The summed E-state index contributed by atoms with van der Waals surface area (Å²) in [6.45, 7) is 7.63. The quantitative estimate of drug-likeness (QED) is 0.434. The lowest BCUT2D eigenvalue weighted by molar-refractivity contribution is -0.142. The van der Waals surface area contributed by atoms with Crippen LogP contribution < -0.4 is 10.1 Å². The van der Waals surface area contributed by atoms with E-state index < -0.39 is 40.0 Å². The maximum atomic E-state index is 13.4. The standard InChI is InChI=1S/C27H34N2O8S/c1-5-36-26(33)19-8-6-9-21(17-19)38(34,35)29-15-7-10-23(29)24(30)28-22(25(31)32)16-18-11-13-20(14-12-18)37-27(2,3)4/h6,8-9,11-14,17,22-23H,5,7,10,15-16H2,1-4H3,(H,28,30)(H,31,32)/t22-,23-/m0/s1. The molecule has 2 N–H and O–H groups in total. The van der Waals surface area contributed by atoms with Gasteiger partial charge >= 0.3 is 11.9 Å². The van der Waals surface area contributed by atoms with E-state index in [1.54, 1.807) is 31.2 Å². The Morgan fingerprint density at radius 3 is 2.42 bits per heavy atom. The molecule has 1 heterocycles. The summed E-state index contributed by atoms with van der Waals surface area (Å²) in [6.07, 6.45) is 0.688. The smallest absolute Gasteiger partial charge is 0.338 e. The molecule has 1 amide bonds. The third-order valence-corrected chi connectivity index (χ3v) is 7.76. The topological polar surface area (TPSA) is 139 Å². The summed E-state index contributed by atoms with van der Waals surface area (Å²) >= 11 is 0. The molecule has 0 bridgehead atoms. The van der Waals surface area contributed by atoms with E-state index in [4.69, 9.17) is 9.47 Å². The summed E-state index contributed by atoms with van der Waals surface area (Å²) in [5.74, 6) is -1.94. The van der Waals surface area contributed by atoms with Crippen LogP contribution in [0.15, 0.2) is 53.4 Å². The van der Waals surface area contributed by atoms with E-state index in [1.807, 2.05) is 20.8 Å². The van der Waals surface area contributed by atoms with E-state index in [0.717, 1.165) is 4.31 Å². The van der Waals surface area contributed by atoms with Crippen LogP contribution in [0.4, 0.5) is 0 Å². The second-order valence-corrected chi connectivity index (χ2v) is 11.9. The van der Waals surface area contributed by atoms with Crippen molar-refractivity contribution in [2.75, 3.05) is 13.2 Å². The molecule has 1 fully saturated rings. The van der Waals surface area contributed by atoms with Crippen molar-refractivity contribution < 1.29 is 37.4 Å². The van der Waals surface area contributed by atoms with Crippen molar-refractivity contribution in [1.29, 1.82) is 0 Å². The molecule has 3 rings (SSSR count). The highest BCUT2D eigenvalue weighted by atomic mass is 32.2. The number of carboxylic acid groups (broad SMARTS) is 1. The van der Waals surface area contributed by atoms with Gasteiger partial charge in [-0.2, -0.15) is 4.31 Å². The molecular weight excluding hydrogens is 512 g/mol. The molecule has 206 valence electrons. The SMILES string of the molecule is CCOC(=O)c1cccc(S(=O)(=O)N2CCC[C@H]2C(=O)N[C@@H](Cc2ccc(OC(C)(C)C)cc2)C(=O)O)c1. The lowest BCUT2D eigenvalue weighted by Crippen LogP contribution is -2.51. The first-order valence-corrected chi connectivity index (χ1v) is 13.9. The zero-order valence-electron chi connectivity index (χ0n) is 22.0. The van der Waals surface area contributed by atoms with Crippen LogP contribution in [-0.2, 0) is 30.8 Å². The molecule has 0 radical (unpaired) electrons. The van der Waals surface area contributed by atoms with Gasteiger partial charge in [0.05, 0.1) is 17.1 Å². The fourth-order valence-electron chi connectivity index (χ4n) is 4.17. The van der Waals surface area contributed by atoms with Crippen molar-refractivity contribution in [3.05, 3.63) is 59.7 Å². The van der Waals surface area contributed by atoms with Crippen LogP contribution in [0.25, 0.3) is 0 Å². The minimum Gasteiger partial charge on any atom is -0.488 e. The number of nitrogens with zero attached hydrogens (tertiary/aromatic N) is 1. The normalized spacial score (nSPS) is 17.0. The number of hydrogen-bond donors (Lipinski definition) is 2. The number of amides is 1. The van der Waals surface area contributed by atoms with Crippen molar-refractivity contribution in [3.63, 3.8) is 0 Å². The number of ether oxygens (including phenoxy) is 2. The average molecular weight is 547 g/mol. The number of esters is 1. The Bertz CT molecular complexity index is 1270. The Labute approximate surface area is 223 Å². The minimum atomic E-state index is -4.14. The molecule has 11 heteroatoms. The van der Waals surface area contributed by atoms with Crippen molar-refractivity contribution in [3.8, 4) is 5.75 Å². The second kappa shape index (κ2) is 12.0. The molecule has 1 aliphatic rings. The number of aliphatic carboxylic acids is 1. The van der Waals surface area contributed by atoms with Crippen LogP contribution in [0.2, 0.25) is 0 Å².